The summed E-state index contributed by atoms with van der Waals surface area (Å²) in [6, 6.07) is 11.0. The van der Waals surface area contributed by atoms with Crippen molar-refractivity contribution in [1.29, 1.82) is 0 Å². The van der Waals surface area contributed by atoms with Crippen LogP contribution in [-0.4, -0.2) is 91.7 Å². The second-order valence-corrected chi connectivity index (χ2v) is 9.64. The van der Waals surface area contributed by atoms with Crippen molar-refractivity contribution < 1.29 is 55.2 Å². The van der Waals surface area contributed by atoms with Gasteiger partial charge in [-0.1, -0.05) is 0 Å². The van der Waals surface area contributed by atoms with E-state index in [4.69, 9.17) is 23.7 Å². The summed E-state index contributed by atoms with van der Waals surface area (Å²) in [5.74, 6) is -0.391. The smallest absolute Gasteiger partial charge is 0.426 e. The van der Waals surface area contributed by atoms with Crippen LogP contribution in [-0.2, 0) is 23.7 Å². The molecule has 11 nitrogen and oxygen atoms in total. The highest BCUT2D eigenvalue weighted by Gasteiger charge is 2.61. The lowest BCUT2D eigenvalue weighted by Crippen LogP contribution is -2.60. The predicted octanol–water partition coefficient (Wildman–Crippen LogP) is 5.22. The molecule has 1 aromatic heterocycles. The van der Waals surface area contributed by atoms with Gasteiger partial charge in [0.25, 0.3) is 0 Å². The Morgan fingerprint density at radius 2 is 1.61 bits per heavy atom. The van der Waals surface area contributed by atoms with Crippen LogP contribution in [0.2, 0.25) is 0 Å². The molecule has 0 bridgehead atoms. The van der Waals surface area contributed by atoms with Gasteiger partial charge in [-0.05, 0) is 62.4 Å². The minimum atomic E-state index is -5.85. The monoisotopic (exact) mass is 630 g/mol. The molecule has 0 N–H and O–H groups in total. The maximum Gasteiger partial charge on any atom is 0.499 e. The van der Waals surface area contributed by atoms with Crippen LogP contribution in [0.4, 0.5) is 32.4 Å². The van der Waals surface area contributed by atoms with E-state index in [2.05, 4.69) is 14.8 Å². The normalized spacial score (nSPS) is 22.5. The maximum absolute atomic E-state index is 13.1. The van der Waals surface area contributed by atoms with E-state index in [1.165, 1.54) is 49.3 Å². The fraction of sp³-hybridized carbons (Fsp3) is 0.464. The third-order valence-electron chi connectivity index (χ3n) is 6.80. The number of nitrogens with zero attached hydrogens (tertiary/aromatic N) is 4. The van der Waals surface area contributed by atoms with Gasteiger partial charge in [-0.3, -0.25) is 4.90 Å². The van der Waals surface area contributed by atoms with E-state index >= 15 is 0 Å². The molecule has 0 saturated carbocycles. The number of rotatable bonds is 10. The molecule has 1 aliphatic heterocycles. The third kappa shape index (κ3) is 7.09. The molecule has 1 fully saturated rings. The summed E-state index contributed by atoms with van der Waals surface area (Å²) < 4.78 is 97.0. The van der Waals surface area contributed by atoms with Crippen LogP contribution in [0.15, 0.2) is 54.9 Å². The van der Waals surface area contributed by atoms with Gasteiger partial charge in [0.2, 0.25) is 6.29 Å². The highest BCUT2D eigenvalue weighted by Crippen LogP contribution is 2.37. The first-order valence-electron chi connectivity index (χ1n) is 13.3. The Morgan fingerprint density at radius 1 is 0.977 bits per heavy atom. The number of alkyl halides is 5. The Balaban J connectivity index is 1.41. The van der Waals surface area contributed by atoms with Crippen molar-refractivity contribution in [2.45, 2.75) is 56.8 Å². The average molecular weight is 631 g/mol. The number of ether oxygens (including phenoxy) is 6. The summed E-state index contributed by atoms with van der Waals surface area (Å²) in [5, 5.41) is 4.32. The summed E-state index contributed by atoms with van der Waals surface area (Å²) in [7, 11) is 4.52. The van der Waals surface area contributed by atoms with Gasteiger partial charge >= 0.3 is 18.4 Å². The lowest BCUT2D eigenvalue weighted by atomic mass is 9.99. The van der Waals surface area contributed by atoms with Gasteiger partial charge in [0.1, 0.15) is 30.4 Å². The molecule has 4 rings (SSSR count). The molecule has 3 aromatic rings. The molecule has 2 aromatic carbocycles. The fourth-order valence-electron chi connectivity index (χ4n) is 4.53. The lowest BCUT2D eigenvalue weighted by Gasteiger charge is -2.43. The summed E-state index contributed by atoms with van der Waals surface area (Å²) in [6.45, 7) is 4.01. The van der Waals surface area contributed by atoms with Gasteiger partial charge in [0.15, 0.2) is 5.82 Å². The first kappa shape index (κ1) is 33.0. The summed E-state index contributed by atoms with van der Waals surface area (Å²) in [4.78, 5) is 18.5. The molecule has 240 valence electrons. The average Bonchev–Trinajstić information content (AvgIpc) is 3.47. The van der Waals surface area contributed by atoms with Crippen molar-refractivity contribution in [3.63, 3.8) is 0 Å². The molecule has 2 heterocycles. The van der Waals surface area contributed by atoms with Crippen molar-refractivity contribution in [3.8, 4) is 22.8 Å². The molecule has 5 atom stereocenters. The quantitative estimate of drug-likeness (QED) is 0.279. The number of amides is 1. The van der Waals surface area contributed by atoms with Gasteiger partial charge in [-0.2, -0.15) is 22.0 Å². The molecule has 1 aliphatic rings. The van der Waals surface area contributed by atoms with Crippen molar-refractivity contribution >= 4 is 11.8 Å². The molecular weight excluding hydrogens is 599 g/mol. The predicted molar refractivity (Wildman–Crippen MR) is 145 cm³/mol. The van der Waals surface area contributed by atoms with Crippen molar-refractivity contribution in [2.24, 2.45) is 0 Å². The third-order valence-corrected chi connectivity index (χ3v) is 6.80. The Hall–Kier alpha value is -3.86. The minimum Gasteiger partial charge on any atom is -0.426 e. The number of halogens is 5. The molecule has 0 radical (unpaired) electrons. The number of carbonyl (C=O) groups excluding carboxylic acids is 1. The number of hydrogen-bond donors (Lipinski definition) is 0. The number of hydrogen-bond acceptors (Lipinski definition) is 9. The SMILES string of the molecule is CCOC1C(OC)C(C)OC(OC(=O)N(C)c2ccc(-c3ncn(-c4ccc(OC(F)(F)C(F)(F)F)cc4)n3)cc2)C1OC. The number of aromatic nitrogens is 3. The van der Waals surface area contributed by atoms with Crippen LogP contribution in [0, 0.1) is 0 Å². The zero-order chi connectivity index (χ0) is 32.2. The molecule has 0 spiro atoms. The van der Waals surface area contributed by atoms with Crippen LogP contribution >= 0.6 is 0 Å². The Morgan fingerprint density at radius 3 is 2.18 bits per heavy atom. The van der Waals surface area contributed by atoms with Gasteiger partial charge in [-0.25, -0.2) is 14.5 Å². The first-order valence-corrected chi connectivity index (χ1v) is 13.3. The van der Waals surface area contributed by atoms with Crippen LogP contribution in [0.1, 0.15) is 13.8 Å². The molecular formula is C28H31F5N4O7. The zero-order valence-corrected chi connectivity index (χ0v) is 24.3. The minimum absolute atomic E-state index is 0.285. The van der Waals surface area contributed by atoms with Crippen LogP contribution < -0.4 is 9.64 Å². The molecule has 1 saturated heterocycles. The Bertz CT molecular complexity index is 1390. The highest BCUT2D eigenvalue weighted by molar-refractivity contribution is 5.87. The number of carbonyl (C=O) groups is 1. The molecule has 1 amide bonds. The molecule has 5 unspecified atom stereocenters. The largest absolute Gasteiger partial charge is 0.499 e. The standard InChI is InChI=1S/C28H31F5N4O7/c1-6-41-22-21(39-4)16(2)42-25(23(22)40-5)43-26(38)36(3)18-9-7-17(8-10-18)24-34-15-37(35-24)19-11-13-20(14-12-19)44-28(32,33)27(29,30)31/h7-16,21-23,25H,6H2,1-5H3. The van der Waals surface area contributed by atoms with Crippen LogP contribution in [0.25, 0.3) is 17.1 Å². The fourth-order valence-corrected chi connectivity index (χ4v) is 4.53. The van der Waals surface area contributed by atoms with Crippen molar-refractivity contribution in [2.75, 3.05) is 32.8 Å². The van der Waals surface area contributed by atoms with Gasteiger partial charge in [0.05, 0.1) is 11.8 Å². The van der Waals surface area contributed by atoms with Gasteiger partial charge < -0.3 is 28.4 Å². The van der Waals surface area contributed by atoms with E-state index in [1.807, 2.05) is 6.92 Å². The van der Waals surface area contributed by atoms with Crippen LogP contribution in [0.3, 0.4) is 0 Å². The second kappa shape index (κ2) is 13.4. The second-order valence-electron chi connectivity index (χ2n) is 9.64. The highest BCUT2D eigenvalue weighted by atomic mass is 19.4. The molecule has 16 heteroatoms. The Kier molecular flexibility index (Phi) is 10.1. The van der Waals surface area contributed by atoms with Gasteiger partial charge in [0, 0.05) is 39.1 Å². The molecule has 44 heavy (non-hydrogen) atoms. The summed E-state index contributed by atoms with van der Waals surface area (Å²) in [5.41, 5.74) is 1.40. The van der Waals surface area contributed by atoms with Crippen molar-refractivity contribution in [3.05, 3.63) is 54.9 Å². The number of methoxy groups -OCH3 is 2. The van der Waals surface area contributed by atoms with Crippen LogP contribution in [0.5, 0.6) is 5.75 Å². The van der Waals surface area contributed by atoms with Crippen molar-refractivity contribution in [1.82, 2.24) is 14.8 Å². The van der Waals surface area contributed by atoms with E-state index in [0.717, 1.165) is 12.1 Å². The van der Waals surface area contributed by atoms with E-state index in [1.54, 1.807) is 31.2 Å². The maximum atomic E-state index is 13.1. The summed E-state index contributed by atoms with van der Waals surface area (Å²) in [6.07, 6.45) is -13.7. The van der Waals surface area contributed by atoms with E-state index in [-0.39, 0.29) is 5.82 Å². The zero-order valence-electron chi connectivity index (χ0n) is 24.3. The van der Waals surface area contributed by atoms with Gasteiger partial charge in [-0.15, -0.1) is 5.10 Å². The first-order chi connectivity index (χ1) is 20.8. The van der Waals surface area contributed by atoms with E-state index in [0.29, 0.717) is 23.5 Å². The topological polar surface area (TPSA) is 106 Å². The number of benzene rings is 2. The van der Waals surface area contributed by atoms with E-state index < -0.39 is 54.8 Å². The number of anilines is 1. The van der Waals surface area contributed by atoms with E-state index in [9.17, 15) is 26.7 Å². The molecule has 0 aliphatic carbocycles. The lowest BCUT2D eigenvalue weighted by molar-refractivity contribution is -0.360. The Labute approximate surface area is 249 Å². The summed E-state index contributed by atoms with van der Waals surface area (Å²) >= 11 is 0.